The van der Waals surface area contributed by atoms with Gasteiger partial charge in [0.1, 0.15) is 0 Å². The van der Waals surface area contributed by atoms with Crippen LogP contribution in [0.5, 0.6) is 0 Å². The number of pyridine rings is 1. The Morgan fingerprint density at radius 1 is 0.655 bits per heavy atom. The fourth-order valence-electron chi connectivity index (χ4n) is 3.86. The van der Waals surface area contributed by atoms with E-state index in [1.54, 1.807) is 0 Å². The number of nitrogens with zero attached hydrogens (tertiary/aromatic N) is 1. The molecule has 1 heteroatoms. The van der Waals surface area contributed by atoms with Crippen LogP contribution in [0.3, 0.4) is 0 Å². The van der Waals surface area contributed by atoms with E-state index >= 15 is 0 Å². The van der Waals surface area contributed by atoms with Crippen molar-refractivity contribution in [2.24, 2.45) is 0 Å². The van der Waals surface area contributed by atoms with Gasteiger partial charge in [0, 0.05) is 16.6 Å². The molecule has 0 saturated heterocycles. The molecule has 0 aliphatic rings. The van der Waals surface area contributed by atoms with E-state index in [-0.39, 0.29) is 5.41 Å². The maximum atomic E-state index is 4.92. The van der Waals surface area contributed by atoms with Crippen LogP contribution in [0.15, 0.2) is 66.7 Å². The Bertz CT molecular complexity index is 1190. The molecule has 0 bridgehead atoms. The molecule has 0 N–H and O–H groups in total. The topological polar surface area (TPSA) is 12.9 Å². The van der Waals surface area contributed by atoms with Crippen LogP contribution in [0, 0.1) is 20.8 Å². The number of rotatable bonds is 2. The van der Waals surface area contributed by atoms with Crippen molar-refractivity contribution in [1.82, 2.24) is 4.98 Å². The van der Waals surface area contributed by atoms with E-state index in [1.807, 2.05) is 0 Å². The van der Waals surface area contributed by atoms with Crippen molar-refractivity contribution in [3.8, 4) is 22.4 Å². The summed E-state index contributed by atoms with van der Waals surface area (Å²) in [5.74, 6) is 0. The Morgan fingerprint density at radius 2 is 1.31 bits per heavy atom. The lowest BCUT2D eigenvalue weighted by Gasteiger charge is -2.19. The molecule has 0 aliphatic heterocycles. The summed E-state index contributed by atoms with van der Waals surface area (Å²) in [7, 11) is 0. The minimum atomic E-state index is 0.170. The van der Waals surface area contributed by atoms with E-state index in [9.17, 15) is 0 Å². The number of hydrogen-bond donors (Lipinski definition) is 0. The van der Waals surface area contributed by atoms with Gasteiger partial charge in [-0.3, -0.25) is 4.98 Å². The molecule has 3 aromatic carbocycles. The minimum Gasteiger partial charge on any atom is -0.252 e. The minimum absolute atomic E-state index is 0.170. The average Bonchev–Trinajstić information content (AvgIpc) is 2.69. The van der Waals surface area contributed by atoms with Crippen molar-refractivity contribution >= 4 is 10.8 Å². The Morgan fingerprint density at radius 3 is 2.00 bits per heavy atom. The molecular weight excluding hydrogens is 350 g/mol. The Labute approximate surface area is 174 Å². The molecule has 0 fully saturated rings. The number of aromatic nitrogens is 1. The lowest BCUT2D eigenvalue weighted by Crippen LogP contribution is -2.10. The van der Waals surface area contributed by atoms with Gasteiger partial charge in [0.2, 0.25) is 0 Å². The van der Waals surface area contributed by atoms with Crippen LogP contribution >= 0.6 is 0 Å². The molecule has 1 nitrogen and oxygen atoms in total. The van der Waals surface area contributed by atoms with Crippen molar-refractivity contribution < 1.29 is 0 Å². The van der Waals surface area contributed by atoms with Gasteiger partial charge in [0.05, 0.1) is 5.69 Å². The Kier molecular flexibility index (Phi) is 4.78. The second-order valence-corrected chi connectivity index (χ2v) is 9.16. The van der Waals surface area contributed by atoms with Gasteiger partial charge in [-0.25, -0.2) is 0 Å². The summed E-state index contributed by atoms with van der Waals surface area (Å²) in [6, 6.07) is 24.4. The van der Waals surface area contributed by atoms with E-state index in [0.717, 1.165) is 17.0 Å². The highest BCUT2D eigenvalue weighted by atomic mass is 14.7. The Hall–Kier alpha value is -2.93. The summed E-state index contributed by atoms with van der Waals surface area (Å²) in [4.78, 5) is 4.92. The van der Waals surface area contributed by atoms with Crippen LogP contribution in [0.4, 0.5) is 0 Å². The summed E-state index contributed by atoms with van der Waals surface area (Å²) >= 11 is 0. The molecule has 0 amide bonds. The molecule has 0 atom stereocenters. The number of benzene rings is 3. The van der Waals surface area contributed by atoms with E-state index in [0.29, 0.717) is 0 Å². The van der Waals surface area contributed by atoms with Gasteiger partial charge >= 0.3 is 0 Å². The largest absolute Gasteiger partial charge is 0.252 e. The fourth-order valence-corrected chi connectivity index (χ4v) is 3.86. The van der Waals surface area contributed by atoms with E-state index in [1.165, 1.54) is 38.6 Å². The molecule has 0 saturated carbocycles. The SMILES string of the molecule is Cc1cc2cc(-c3cccc(-c4ccc(C(C)(C)C)cc4)c3)nc(C)c2cc1C. The van der Waals surface area contributed by atoms with Crippen LogP contribution < -0.4 is 0 Å². The van der Waals surface area contributed by atoms with Crippen LogP contribution in [0.25, 0.3) is 33.2 Å². The highest BCUT2D eigenvalue weighted by Gasteiger charge is 2.13. The summed E-state index contributed by atoms with van der Waals surface area (Å²) < 4.78 is 0. The second kappa shape index (κ2) is 7.15. The van der Waals surface area contributed by atoms with Gasteiger partial charge in [0.15, 0.2) is 0 Å². The summed E-state index contributed by atoms with van der Waals surface area (Å²) in [6.45, 7) is 13.2. The first-order chi connectivity index (χ1) is 13.7. The maximum absolute atomic E-state index is 4.92. The molecule has 1 aromatic heterocycles. The molecule has 0 spiro atoms. The lowest BCUT2D eigenvalue weighted by atomic mass is 9.86. The van der Waals surface area contributed by atoms with Crippen molar-refractivity contribution in [2.75, 3.05) is 0 Å². The fraction of sp³-hybridized carbons (Fsp3) is 0.250. The predicted octanol–water partition coefficient (Wildman–Crippen LogP) is 7.79. The first-order valence-electron chi connectivity index (χ1n) is 10.3. The first kappa shape index (κ1) is 19.4. The molecule has 0 unspecified atom stereocenters. The zero-order valence-electron chi connectivity index (χ0n) is 18.3. The molecule has 4 rings (SSSR count). The van der Waals surface area contributed by atoms with E-state index in [4.69, 9.17) is 4.98 Å². The van der Waals surface area contributed by atoms with Gasteiger partial charge in [-0.1, -0.05) is 69.3 Å². The number of hydrogen-bond acceptors (Lipinski definition) is 1. The first-order valence-corrected chi connectivity index (χ1v) is 10.3. The summed E-state index contributed by atoms with van der Waals surface area (Å²) in [6.07, 6.45) is 0. The van der Waals surface area contributed by atoms with E-state index < -0.39 is 0 Å². The smallest absolute Gasteiger partial charge is 0.0711 e. The lowest BCUT2D eigenvalue weighted by molar-refractivity contribution is 0.590. The van der Waals surface area contributed by atoms with Crippen molar-refractivity contribution in [1.29, 1.82) is 0 Å². The number of aryl methyl sites for hydroxylation is 3. The normalized spacial score (nSPS) is 11.8. The second-order valence-electron chi connectivity index (χ2n) is 9.16. The highest BCUT2D eigenvalue weighted by molar-refractivity contribution is 5.89. The monoisotopic (exact) mass is 379 g/mol. The van der Waals surface area contributed by atoms with Crippen LogP contribution in [0.2, 0.25) is 0 Å². The van der Waals surface area contributed by atoms with Gasteiger partial charge in [-0.2, -0.15) is 0 Å². The quantitative estimate of drug-likeness (QED) is 0.346. The van der Waals surface area contributed by atoms with E-state index in [2.05, 4.69) is 108 Å². The zero-order chi connectivity index (χ0) is 20.8. The van der Waals surface area contributed by atoms with Crippen LogP contribution in [-0.4, -0.2) is 4.98 Å². The van der Waals surface area contributed by atoms with Crippen molar-refractivity contribution in [3.05, 3.63) is 89.1 Å². The third-order valence-electron chi connectivity index (χ3n) is 5.88. The van der Waals surface area contributed by atoms with Crippen molar-refractivity contribution in [2.45, 2.75) is 47.0 Å². The molecule has 4 aromatic rings. The molecule has 146 valence electrons. The molecule has 29 heavy (non-hydrogen) atoms. The summed E-state index contributed by atoms with van der Waals surface area (Å²) in [5, 5.41) is 2.50. The number of fused-ring (bicyclic) bond motifs is 1. The Balaban J connectivity index is 1.77. The standard InChI is InChI=1S/C28H29N/c1-18-14-24-17-27(29-20(3)26(24)15-19(18)2)23-9-7-8-22(16-23)21-10-12-25(13-11-21)28(4,5)6/h7-17H,1-6H3. The van der Waals surface area contributed by atoms with Gasteiger partial charge in [-0.15, -0.1) is 0 Å². The predicted molar refractivity (Wildman–Crippen MR) is 126 cm³/mol. The third kappa shape index (κ3) is 3.82. The van der Waals surface area contributed by atoms with Crippen molar-refractivity contribution in [3.63, 3.8) is 0 Å². The maximum Gasteiger partial charge on any atom is 0.0711 e. The molecule has 0 radical (unpaired) electrons. The van der Waals surface area contributed by atoms with Crippen LogP contribution in [-0.2, 0) is 5.41 Å². The molecule has 1 heterocycles. The molecule has 0 aliphatic carbocycles. The zero-order valence-corrected chi connectivity index (χ0v) is 18.3. The van der Waals surface area contributed by atoms with Gasteiger partial charge < -0.3 is 0 Å². The molecular formula is C28H29N. The summed E-state index contributed by atoms with van der Waals surface area (Å²) in [5.41, 5.74) is 9.90. The highest BCUT2D eigenvalue weighted by Crippen LogP contribution is 2.31. The third-order valence-corrected chi connectivity index (χ3v) is 5.88. The van der Waals surface area contributed by atoms with Crippen LogP contribution in [0.1, 0.15) is 43.2 Å². The average molecular weight is 380 g/mol. The van der Waals surface area contributed by atoms with Gasteiger partial charge in [0.25, 0.3) is 0 Å². The van der Waals surface area contributed by atoms with Gasteiger partial charge in [-0.05, 0) is 77.6 Å².